The maximum Gasteiger partial charge on any atom is 0.212 e. The van der Waals surface area contributed by atoms with E-state index < -0.39 is 15.6 Å². The van der Waals surface area contributed by atoms with Crippen LogP contribution in [0, 0.1) is 0 Å². The molecule has 0 aliphatic rings. The lowest BCUT2D eigenvalue weighted by atomic mass is 10.1. The molecule has 0 fully saturated rings. The van der Waals surface area contributed by atoms with Gasteiger partial charge in [0.05, 0.1) is 5.75 Å². The summed E-state index contributed by atoms with van der Waals surface area (Å²) >= 11 is 0. The highest BCUT2D eigenvalue weighted by molar-refractivity contribution is 7.89. The lowest BCUT2D eigenvalue weighted by Gasteiger charge is -2.19. The van der Waals surface area contributed by atoms with Crippen LogP contribution in [0.15, 0.2) is 0 Å². The molecule has 0 unspecified atom stereocenters. The third-order valence-electron chi connectivity index (χ3n) is 1.03. The SMILES string of the molecule is CC(C)(C)NS(=O)(=O)CCCO. The van der Waals surface area contributed by atoms with Crippen molar-refractivity contribution >= 4 is 10.0 Å². The molecule has 0 aromatic heterocycles. The molecule has 0 rings (SSSR count). The molecular weight excluding hydrogens is 178 g/mol. The summed E-state index contributed by atoms with van der Waals surface area (Å²) in [5.41, 5.74) is -0.436. The van der Waals surface area contributed by atoms with Gasteiger partial charge >= 0.3 is 0 Å². The van der Waals surface area contributed by atoms with E-state index in [0.29, 0.717) is 0 Å². The van der Waals surface area contributed by atoms with Gasteiger partial charge in [-0.05, 0) is 27.2 Å². The predicted octanol–water partition coefficient (Wildman–Crippen LogP) is 0.0867. The zero-order valence-electron chi connectivity index (χ0n) is 7.79. The molecule has 0 atom stereocenters. The van der Waals surface area contributed by atoms with Crippen LogP contribution in [0.1, 0.15) is 27.2 Å². The van der Waals surface area contributed by atoms with E-state index >= 15 is 0 Å². The van der Waals surface area contributed by atoms with Gasteiger partial charge in [-0.3, -0.25) is 0 Å². The fraction of sp³-hybridized carbons (Fsp3) is 1.00. The molecule has 0 saturated carbocycles. The summed E-state index contributed by atoms with van der Waals surface area (Å²) in [4.78, 5) is 0. The molecule has 0 aliphatic heterocycles. The molecule has 0 aliphatic carbocycles. The molecule has 5 heteroatoms. The predicted molar refractivity (Wildman–Crippen MR) is 48.4 cm³/mol. The number of aliphatic hydroxyl groups excluding tert-OH is 1. The average molecular weight is 195 g/mol. The van der Waals surface area contributed by atoms with Crippen molar-refractivity contribution in [2.24, 2.45) is 0 Å². The van der Waals surface area contributed by atoms with Gasteiger partial charge in [0.25, 0.3) is 0 Å². The lowest BCUT2D eigenvalue weighted by molar-refractivity contribution is 0.295. The molecule has 0 saturated heterocycles. The van der Waals surface area contributed by atoms with Crippen molar-refractivity contribution in [3.05, 3.63) is 0 Å². The quantitative estimate of drug-likeness (QED) is 0.668. The number of rotatable bonds is 4. The summed E-state index contributed by atoms with van der Waals surface area (Å²) in [5, 5.41) is 8.44. The Kier molecular flexibility index (Phi) is 4.16. The first-order valence-electron chi connectivity index (χ1n) is 3.89. The fourth-order valence-corrected chi connectivity index (χ4v) is 2.32. The molecule has 0 amide bonds. The molecule has 0 bridgehead atoms. The topological polar surface area (TPSA) is 66.4 Å². The molecule has 12 heavy (non-hydrogen) atoms. The molecule has 4 nitrogen and oxygen atoms in total. The normalized spacial score (nSPS) is 13.3. The minimum Gasteiger partial charge on any atom is -0.396 e. The summed E-state index contributed by atoms with van der Waals surface area (Å²) < 4.78 is 24.9. The van der Waals surface area contributed by atoms with E-state index in [9.17, 15) is 8.42 Å². The van der Waals surface area contributed by atoms with Crippen molar-refractivity contribution in [2.45, 2.75) is 32.7 Å². The van der Waals surface area contributed by atoms with Crippen LogP contribution in [0.2, 0.25) is 0 Å². The zero-order valence-corrected chi connectivity index (χ0v) is 8.61. The molecule has 0 radical (unpaired) electrons. The van der Waals surface area contributed by atoms with Crippen molar-refractivity contribution in [3.63, 3.8) is 0 Å². The Morgan fingerprint density at radius 3 is 2.17 bits per heavy atom. The molecule has 0 aromatic rings. The Labute approximate surface area is 74.0 Å². The van der Waals surface area contributed by atoms with Crippen molar-refractivity contribution in [1.29, 1.82) is 0 Å². The van der Waals surface area contributed by atoms with E-state index in [1.54, 1.807) is 20.8 Å². The molecule has 74 valence electrons. The van der Waals surface area contributed by atoms with Crippen LogP contribution in [-0.4, -0.2) is 31.4 Å². The number of aliphatic hydroxyl groups is 1. The minimum absolute atomic E-state index is 0.0131. The number of hydrogen-bond acceptors (Lipinski definition) is 3. The van der Waals surface area contributed by atoms with Crippen molar-refractivity contribution in [2.75, 3.05) is 12.4 Å². The summed E-state index contributed by atoms with van der Waals surface area (Å²) in [6, 6.07) is 0. The third kappa shape index (κ3) is 6.57. The van der Waals surface area contributed by atoms with Crippen molar-refractivity contribution < 1.29 is 13.5 Å². The smallest absolute Gasteiger partial charge is 0.212 e. The van der Waals surface area contributed by atoms with Crippen LogP contribution in [0.4, 0.5) is 0 Å². The van der Waals surface area contributed by atoms with Crippen LogP contribution in [0.3, 0.4) is 0 Å². The van der Waals surface area contributed by atoms with Crippen LogP contribution >= 0.6 is 0 Å². The Morgan fingerprint density at radius 2 is 1.83 bits per heavy atom. The van der Waals surface area contributed by atoms with Crippen LogP contribution in [0.5, 0.6) is 0 Å². The van der Waals surface area contributed by atoms with E-state index in [1.807, 2.05) is 0 Å². The van der Waals surface area contributed by atoms with Crippen molar-refractivity contribution in [3.8, 4) is 0 Å². The number of nitrogens with one attached hydrogen (secondary N) is 1. The first kappa shape index (κ1) is 11.9. The van der Waals surface area contributed by atoms with Gasteiger partial charge < -0.3 is 5.11 Å². The van der Waals surface area contributed by atoms with Gasteiger partial charge in [0.1, 0.15) is 0 Å². The summed E-state index contributed by atoms with van der Waals surface area (Å²) in [6.07, 6.45) is 0.283. The highest BCUT2D eigenvalue weighted by Crippen LogP contribution is 2.02. The van der Waals surface area contributed by atoms with Crippen LogP contribution in [0.25, 0.3) is 0 Å². The first-order valence-corrected chi connectivity index (χ1v) is 5.54. The van der Waals surface area contributed by atoms with E-state index in [1.165, 1.54) is 0 Å². The maximum atomic E-state index is 11.2. The second-order valence-electron chi connectivity index (χ2n) is 3.75. The van der Waals surface area contributed by atoms with Gasteiger partial charge in [-0.2, -0.15) is 0 Å². The monoisotopic (exact) mass is 195 g/mol. The Morgan fingerprint density at radius 1 is 1.33 bits per heavy atom. The Hall–Kier alpha value is -0.130. The largest absolute Gasteiger partial charge is 0.396 e. The highest BCUT2D eigenvalue weighted by atomic mass is 32.2. The molecule has 2 N–H and O–H groups in total. The summed E-state index contributed by atoms with van der Waals surface area (Å²) in [5.74, 6) is -0.0131. The minimum atomic E-state index is -3.21. The zero-order chi connectivity index (χ0) is 9.83. The maximum absolute atomic E-state index is 11.2. The van der Waals surface area contributed by atoms with Crippen LogP contribution in [-0.2, 0) is 10.0 Å². The molecular formula is C7H17NO3S. The second-order valence-corrected chi connectivity index (χ2v) is 5.59. The Bertz CT molecular complexity index is 215. The highest BCUT2D eigenvalue weighted by Gasteiger charge is 2.18. The van der Waals surface area contributed by atoms with E-state index in [2.05, 4.69) is 4.72 Å². The molecule has 0 heterocycles. The fourth-order valence-electron chi connectivity index (χ4n) is 0.772. The van der Waals surface area contributed by atoms with Gasteiger partial charge in [0.15, 0.2) is 0 Å². The van der Waals surface area contributed by atoms with Crippen LogP contribution < -0.4 is 4.72 Å². The molecule has 0 aromatic carbocycles. The average Bonchev–Trinajstić information content (AvgIpc) is 1.78. The molecule has 0 spiro atoms. The van der Waals surface area contributed by atoms with Gasteiger partial charge in [0, 0.05) is 12.1 Å². The van der Waals surface area contributed by atoms with E-state index in [4.69, 9.17) is 5.11 Å². The third-order valence-corrected chi connectivity index (χ3v) is 2.78. The first-order chi connectivity index (χ1) is 5.27. The standard InChI is InChI=1S/C7H17NO3S/c1-7(2,3)8-12(10,11)6-4-5-9/h8-9H,4-6H2,1-3H3. The number of hydrogen-bond donors (Lipinski definition) is 2. The summed E-state index contributed by atoms with van der Waals surface area (Å²) in [6.45, 7) is 5.25. The van der Waals surface area contributed by atoms with Gasteiger partial charge in [-0.1, -0.05) is 0 Å². The number of sulfonamides is 1. The van der Waals surface area contributed by atoms with Gasteiger partial charge in [-0.25, -0.2) is 13.1 Å². The Balaban J connectivity index is 4.06. The second kappa shape index (κ2) is 4.20. The van der Waals surface area contributed by atoms with Crippen molar-refractivity contribution in [1.82, 2.24) is 4.72 Å². The van der Waals surface area contributed by atoms with E-state index in [0.717, 1.165) is 0 Å². The van der Waals surface area contributed by atoms with Gasteiger partial charge in [0.2, 0.25) is 10.0 Å². The summed E-state index contributed by atoms with van der Waals surface area (Å²) in [7, 11) is -3.21. The van der Waals surface area contributed by atoms with E-state index in [-0.39, 0.29) is 18.8 Å². The van der Waals surface area contributed by atoms with Gasteiger partial charge in [-0.15, -0.1) is 0 Å². The lowest BCUT2D eigenvalue weighted by Crippen LogP contribution is -2.41.